The molecule has 0 saturated carbocycles. The average molecular weight is 546 g/mol. The van der Waals surface area contributed by atoms with Gasteiger partial charge in [0, 0.05) is 7.11 Å². The summed E-state index contributed by atoms with van der Waals surface area (Å²) in [4.78, 5) is 12.3. The van der Waals surface area contributed by atoms with Crippen molar-refractivity contribution < 1.29 is 84.5 Å². The number of aliphatic hydroxyl groups excluding tert-OH is 8. The molecule has 0 aromatic carbocycles. The lowest BCUT2D eigenvalue weighted by atomic mass is 9.96. The smallest absolute Gasteiger partial charge is 0.337 e. The zero-order chi connectivity index (χ0) is 27.6. The molecule has 3 aliphatic heterocycles. The molecular formula is C20H36NO16+. The molecule has 0 amide bonds. The van der Waals surface area contributed by atoms with Crippen LogP contribution in [0.2, 0.25) is 0 Å². The lowest BCUT2D eigenvalue weighted by Gasteiger charge is -2.45. The molecule has 0 aliphatic carbocycles. The Morgan fingerprint density at radius 3 is 1.95 bits per heavy atom. The standard InChI is InChI=1S/C20H35NO16/c1-31-17(30)16-15(12(27)14(29)19(32-2)37-16)36-18-7(21)10(25)9(24)6(35-18)4-33-20-13(28)11(26)8(23)5(3-22)34-20/h5-16,18-20,22-29H,3-4,21H2,1-2H3/p+1/t5?,6?,7?,8-,9+,10+,11-,12+,13?,14?,15-,16?,18+,19-,20-/m0/s1. The molecule has 17 heteroatoms. The van der Waals surface area contributed by atoms with E-state index in [0.29, 0.717) is 0 Å². The van der Waals surface area contributed by atoms with Gasteiger partial charge in [-0.15, -0.1) is 0 Å². The normalized spacial score (nSPS) is 49.0. The van der Waals surface area contributed by atoms with Crippen LogP contribution in [0.1, 0.15) is 0 Å². The van der Waals surface area contributed by atoms with Crippen LogP contribution < -0.4 is 5.73 Å². The van der Waals surface area contributed by atoms with Gasteiger partial charge in [-0.2, -0.15) is 0 Å². The summed E-state index contributed by atoms with van der Waals surface area (Å²) >= 11 is 0. The van der Waals surface area contributed by atoms with E-state index in [2.05, 4.69) is 10.5 Å². The number of hydrogen-bond donors (Lipinski definition) is 9. The number of methoxy groups -OCH3 is 2. The molecule has 3 rings (SSSR count). The largest absolute Gasteiger partial charge is 0.467 e. The number of carbonyl (C=O) groups excluding carboxylic acids is 1. The van der Waals surface area contributed by atoms with Crippen LogP contribution in [0.4, 0.5) is 0 Å². The Bertz CT molecular complexity index is 745. The minimum absolute atomic E-state index is 0.550. The molecule has 0 aromatic rings. The van der Waals surface area contributed by atoms with Crippen molar-refractivity contribution >= 4 is 5.97 Å². The molecule has 17 nitrogen and oxygen atoms in total. The van der Waals surface area contributed by atoms with Gasteiger partial charge in [0.1, 0.15) is 61.0 Å². The van der Waals surface area contributed by atoms with E-state index in [1.807, 2.05) is 0 Å². The Morgan fingerprint density at radius 2 is 1.35 bits per heavy atom. The van der Waals surface area contributed by atoms with Crippen LogP contribution in [-0.2, 0) is 38.0 Å². The maximum Gasteiger partial charge on any atom is 0.337 e. The summed E-state index contributed by atoms with van der Waals surface area (Å²) in [5, 5.41) is 81.1. The number of hydrogen-bond acceptors (Lipinski definition) is 16. The van der Waals surface area contributed by atoms with Gasteiger partial charge >= 0.3 is 5.97 Å². The molecule has 0 aromatic heterocycles. The van der Waals surface area contributed by atoms with Gasteiger partial charge in [0.25, 0.3) is 0 Å². The first-order valence-electron chi connectivity index (χ1n) is 11.5. The Balaban J connectivity index is 1.72. The van der Waals surface area contributed by atoms with Gasteiger partial charge in [0.05, 0.1) is 20.3 Å². The molecule has 216 valence electrons. The molecule has 3 saturated heterocycles. The Labute approximate surface area is 210 Å². The zero-order valence-electron chi connectivity index (χ0n) is 20.1. The molecule has 11 N–H and O–H groups in total. The quantitative estimate of drug-likeness (QED) is 0.128. The van der Waals surface area contributed by atoms with Crippen molar-refractivity contribution in [3.63, 3.8) is 0 Å². The van der Waals surface area contributed by atoms with E-state index in [1.54, 1.807) is 0 Å². The van der Waals surface area contributed by atoms with Crippen LogP contribution >= 0.6 is 0 Å². The van der Waals surface area contributed by atoms with E-state index >= 15 is 0 Å². The molecular weight excluding hydrogens is 510 g/mol. The van der Waals surface area contributed by atoms with Crippen molar-refractivity contribution in [3.05, 3.63) is 0 Å². The van der Waals surface area contributed by atoms with Crippen LogP contribution in [0.5, 0.6) is 0 Å². The van der Waals surface area contributed by atoms with Crippen LogP contribution in [0.15, 0.2) is 0 Å². The maximum atomic E-state index is 12.3. The highest BCUT2D eigenvalue weighted by Crippen LogP contribution is 2.30. The van der Waals surface area contributed by atoms with Gasteiger partial charge in [0.2, 0.25) is 6.29 Å². The van der Waals surface area contributed by atoms with E-state index in [1.165, 1.54) is 7.11 Å². The van der Waals surface area contributed by atoms with Gasteiger partial charge in [0.15, 0.2) is 24.7 Å². The van der Waals surface area contributed by atoms with Gasteiger partial charge in [-0.3, -0.25) is 0 Å². The molecule has 3 aliphatic rings. The van der Waals surface area contributed by atoms with Crippen molar-refractivity contribution in [2.75, 3.05) is 27.4 Å². The van der Waals surface area contributed by atoms with Crippen molar-refractivity contribution in [1.29, 1.82) is 0 Å². The third-order valence-corrected chi connectivity index (χ3v) is 6.60. The molecule has 0 spiro atoms. The number of rotatable bonds is 8. The van der Waals surface area contributed by atoms with E-state index in [-0.39, 0.29) is 0 Å². The summed E-state index contributed by atoms with van der Waals surface area (Å²) < 4.78 is 36.9. The predicted octanol–water partition coefficient (Wildman–Crippen LogP) is -7.49. The Morgan fingerprint density at radius 1 is 0.757 bits per heavy atom. The molecule has 0 radical (unpaired) electrons. The minimum atomic E-state index is -1.73. The van der Waals surface area contributed by atoms with Crippen molar-refractivity contribution in [2.45, 2.75) is 92.1 Å². The minimum Gasteiger partial charge on any atom is -0.467 e. The first kappa shape index (κ1) is 30.4. The second kappa shape index (κ2) is 12.8. The highest BCUT2D eigenvalue weighted by Gasteiger charge is 2.54. The highest BCUT2D eigenvalue weighted by molar-refractivity contribution is 5.75. The fourth-order valence-corrected chi connectivity index (χ4v) is 4.30. The molecule has 0 bridgehead atoms. The number of esters is 1. The summed E-state index contributed by atoms with van der Waals surface area (Å²) in [5.74, 6) is -0.961. The average Bonchev–Trinajstić information content (AvgIpc) is 2.89. The fraction of sp³-hybridized carbons (Fsp3) is 0.950. The van der Waals surface area contributed by atoms with Gasteiger partial charge < -0.3 is 79.7 Å². The Hall–Kier alpha value is -1.13. The first-order valence-corrected chi connectivity index (χ1v) is 11.5. The summed E-state index contributed by atoms with van der Waals surface area (Å²) in [7, 11) is 2.25. The van der Waals surface area contributed by atoms with Crippen LogP contribution in [0, 0.1) is 0 Å². The molecule has 3 fully saturated rings. The molecule has 3 heterocycles. The van der Waals surface area contributed by atoms with Gasteiger partial charge in [-0.05, 0) is 0 Å². The number of aliphatic hydroxyl groups is 8. The van der Waals surface area contributed by atoms with E-state index in [0.717, 1.165) is 7.11 Å². The maximum absolute atomic E-state index is 12.3. The van der Waals surface area contributed by atoms with E-state index < -0.39 is 111 Å². The Kier molecular flexibility index (Phi) is 10.5. The third kappa shape index (κ3) is 6.21. The summed E-state index contributed by atoms with van der Waals surface area (Å²) in [6.07, 6.45) is -21.7. The topological polar surface area (TPSA) is 271 Å². The predicted molar refractivity (Wildman–Crippen MR) is 112 cm³/mol. The van der Waals surface area contributed by atoms with Gasteiger partial charge in [-0.25, -0.2) is 4.79 Å². The zero-order valence-corrected chi connectivity index (χ0v) is 20.1. The lowest BCUT2D eigenvalue weighted by molar-refractivity contribution is -0.507. The number of ether oxygens (including phenoxy) is 7. The lowest BCUT2D eigenvalue weighted by Crippen LogP contribution is -2.79. The SMILES string of the molecule is COC(=O)C1O[C@H](OC)C(O)[C@@H](O)[C@@H]1O[C@H]1OC(CO[C@H]2OC(CO)[C@H](O)[C@H](O)C2O)[C@@H](O)[C@H](O)C1[NH3+]. The summed E-state index contributed by atoms with van der Waals surface area (Å²) in [5.41, 5.74) is 3.70. The first-order chi connectivity index (χ1) is 17.5. The molecule has 15 atom stereocenters. The van der Waals surface area contributed by atoms with Crippen LogP contribution in [0.3, 0.4) is 0 Å². The third-order valence-electron chi connectivity index (χ3n) is 6.60. The van der Waals surface area contributed by atoms with Crippen molar-refractivity contribution in [3.8, 4) is 0 Å². The fourth-order valence-electron chi connectivity index (χ4n) is 4.30. The molecule has 6 unspecified atom stereocenters. The van der Waals surface area contributed by atoms with Crippen LogP contribution in [-0.4, -0.2) is 166 Å². The van der Waals surface area contributed by atoms with Crippen molar-refractivity contribution in [1.82, 2.24) is 0 Å². The summed E-state index contributed by atoms with van der Waals surface area (Å²) in [6.45, 7) is -1.24. The van der Waals surface area contributed by atoms with Crippen molar-refractivity contribution in [2.24, 2.45) is 0 Å². The van der Waals surface area contributed by atoms with E-state index in [4.69, 9.17) is 28.4 Å². The number of quaternary nitrogens is 1. The van der Waals surface area contributed by atoms with Crippen LogP contribution in [0.25, 0.3) is 0 Å². The number of carbonyl (C=O) groups is 1. The monoisotopic (exact) mass is 546 g/mol. The summed E-state index contributed by atoms with van der Waals surface area (Å²) in [6, 6.07) is -1.17. The second-order valence-electron chi connectivity index (χ2n) is 8.98. The molecule has 37 heavy (non-hydrogen) atoms. The van der Waals surface area contributed by atoms with Gasteiger partial charge in [-0.1, -0.05) is 0 Å². The highest BCUT2D eigenvalue weighted by atomic mass is 16.7. The second-order valence-corrected chi connectivity index (χ2v) is 8.98. The van der Waals surface area contributed by atoms with E-state index in [9.17, 15) is 45.6 Å².